The number of hydrogen-bond donors (Lipinski definition) is 3. The minimum absolute atomic E-state index is 0.0123. The van der Waals surface area contributed by atoms with Crippen LogP contribution in [0.25, 0.3) is 0 Å². The molecular formula is C10H18N4O4S2. The maximum Gasteiger partial charge on any atom is 0.244 e. The molecule has 0 saturated carbocycles. The Kier molecular flexibility index (Phi) is 4.19. The summed E-state index contributed by atoms with van der Waals surface area (Å²) >= 11 is 0. The zero-order valence-electron chi connectivity index (χ0n) is 11.1. The van der Waals surface area contributed by atoms with E-state index in [4.69, 9.17) is 5.73 Å². The molecule has 0 aliphatic carbocycles. The molecule has 1 aliphatic heterocycles. The number of nitrogens with two attached hydrogens (primary N) is 1. The molecule has 0 amide bonds. The van der Waals surface area contributed by atoms with Crippen molar-refractivity contribution < 1.29 is 16.8 Å². The van der Waals surface area contributed by atoms with Gasteiger partial charge < -0.3 is 5.73 Å². The summed E-state index contributed by atoms with van der Waals surface area (Å²) < 4.78 is 49.6. The molecule has 0 radical (unpaired) electrons. The number of nitrogens with zero attached hydrogens (tertiary/aromatic N) is 1. The van der Waals surface area contributed by atoms with Crippen molar-refractivity contribution in [1.82, 2.24) is 14.9 Å². The molecule has 0 aromatic carbocycles. The van der Waals surface area contributed by atoms with Gasteiger partial charge in [0, 0.05) is 13.1 Å². The number of rotatable bonds is 5. The molecule has 0 bridgehead atoms. The van der Waals surface area contributed by atoms with Crippen LogP contribution >= 0.6 is 0 Å². The Labute approximate surface area is 118 Å². The fourth-order valence-electron chi connectivity index (χ4n) is 2.30. The van der Waals surface area contributed by atoms with Crippen LogP contribution in [0.5, 0.6) is 0 Å². The molecule has 1 aromatic rings. The fourth-order valence-corrected chi connectivity index (χ4v) is 5.65. The largest absolute Gasteiger partial charge is 0.325 e. The van der Waals surface area contributed by atoms with Crippen LogP contribution < -0.4 is 10.5 Å². The van der Waals surface area contributed by atoms with Crippen molar-refractivity contribution in [2.45, 2.75) is 24.8 Å². The summed E-state index contributed by atoms with van der Waals surface area (Å²) in [6, 6.07) is 0. The molecule has 2 heterocycles. The molecule has 1 fully saturated rings. The Morgan fingerprint density at radius 1 is 1.50 bits per heavy atom. The van der Waals surface area contributed by atoms with E-state index in [9.17, 15) is 16.8 Å². The second-order valence-electron chi connectivity index (χ2n) is 4.95. The Balaban J connectivity index is 2.10. The Morgan fingerprint density at radius 3 is 2.75 bits per heavy atom. The van der Waals surface area contributed by atoms with Gasteiger partial charge in [-0.05, 0) is 19.3 Å². The molecule has 4 N–H and O–H groups in total. The summed E-state index contributed by atoms with van der Waals surface area (Å²) in [6.07, 6.45) is 0.485. The molecule has 1 saturated heterocycles. The van der Waals surface area contributed by atoms with Gasteiger partial charge in [-0.15, -0.1) is 0 Å². The van der Waals surface area contributed by atoms with E-state index in [1.165, 1.54) is 0 Å². The van der Waals surface area contributed by atoms with E-state index in [1.54, 1.807) is 6.92 Å². The van der Waals surface area contributed by atoms with Crippen molar-refractivity contribution in [3.05, 3.63) is 11.4 Å². The van der Waals surface area contributed by atoms with Gasteiger partial charge in [0.2, 0.25) is 10.0 Å². The van der Waals surface area contributed by atoms with E-state index >= 15 is 0 Å². The van der Waals surface area contributed by atoms with E-state index in [2.05, 4.69) is 14.9 Å². The molecule has 2 rings (SSSR count). The number of aromatic nitrogens is 2. The van der Waals surface area contributed by atoms with Gasteiger partial charge in [-0.2, -0.15) is 5.10 Å². The highest BCUT2D eigenvalue weighted by molar-refractivity contribution is 7.91. The average Bonchev–Trinajstić information content (AvgIpc) is 2.90. The van der Waals surface area contributed by atoms with Crippen molar-refractivity contribution >= 4 is 19.9 Å². The van der Waals surface area contributed by atoms with Crippen molar-refractivity contribution in [3.8, 4) is 0 Å². The third-order valence-corrected chi connectivity index (χ3v) is 6.78. The number of aryl methyl sites for hydroxylation is 1. The van der Waals surface area contributed by atoms with Gasteiger partial charge in [-0.3, -0.25) is 5.10 Å². The summed E-state index contributed by atoms with van der Waals surface area (Å²) in [7, 11) is -6.74. The van der Waals surface area contributed by atoms with Gasteiger partial charge in [0.05, 0.1) is 22.9 Å². The summed E-state index contributed by atoms with van der Waals surface area (Å²) in [5.41, 5.74) is 6.15. The van der Waals surface area contributed by atoms with Crippen LogP contribution in [0.2, 0.25) is 0 Å². The van der Waals surface area contributed by atoms with E-state index in [0.29, 0.717) is 12.1 Å². The van der Waals surface area contributed by atoms with Gasteiger partial charge in [0.15, 0.2) is 9.84 Å². The molecule has 1 atom stereocenters. The maximum absolute atomic E-state index is 12.2. The maximum atomic E-state index is 12.2. The van der Waals surface area contributed by atoms with Gasteiger partial charge in [0.1, 0.15) is 4.90 Å². The Morgan fingerprint density at radius 2 is 2.20 bits per heavy atom. The lowest BCUT2D eigenvalue weighted by Gasteiger charge is -2.10. The standard InChI is InChI=1S/C10H18N4O4S2/c1-7-10(9(4-11)14-13-7)20(17,18)12-5-8-2-3-19(15,16)6-8/h8,12H,2-6,11H2,1H3,(H,13,14). The van der Waals surface area contributed by atoms with Crippen LogP contribution in [-0.2, 0) is 26.4 Å². The van der Waals surface area contributed by atoms with Crippen LogP contribution in [-0.4, -0.2) is 45.1 Å². The van der Waals surface area contributed by atoms with E-state index in [-0.39, 0.29) is 41.1 Å². The Bertz CT molecular complexity index is 693. The van der Waals surface area contributed by atoms with Gasteiger partial charge in [-0.25, -0.2) is 21.6 Å². The fraction of sp³-hybridized carbons (Fsp3) is 0.700. The van der Waals surface area contributed by atoms with Crippen molar-refractivity contribution in [2.24, 2.45) is 11.7 Å². The van der Waals surface area contributed by atoms with Crippen molar-refractivity contribution in [2.75, 3.05) is 18.1 Å². The lowest BCUT2D eigenvalue weighted by Crippen LogP contribution is -2.31. The predicted molar refractivity (Wildman–Crippen MR) is 73.2 cm³/mol. The van der Waals surface area contributed by atoms with Crippen LogP contribution in [0, 0.1) is 12.8 Å². The van der Waals surface area contributed by atoms with Gasteiger partial charge >= 0.3 is 0 Å². The van der Waals surface area contributed by atoms with Crippen LogP contribution in [0.4, 0.5) is 0 Å². The lowest BCUT2D eigenvalue weighted by atomic mass is 10.1. The van der Waals surface area contributed by atoms with Gasteiger partial charge in [-0.1, -0.05) is 0 Å². The first-order valence-electron chi connectivity index (χ1n) is 6.19. The molecule has 114 valence electrons. The van der Waals surface area contributed by atoms with Crippen LogP contribution in [0.15, 0.2) is 4.90 Å². The number of hydrogen-bond acceptors (Lipinski definition) is 6. The summed E-state index contributed by atoms with van der Waals surface area (Å²) in [6.45, 7) is 1.72. The monoisotopic (exact) mass is 322 g/mol. The molecule has 1 aliphatic rings. The highest BCUT2D eigenvalue weighted by Gasteiger charge is 2.30. The Hall–Kier alpha value is -0.970. The smallest absolute Gasteiger partial charge is 0.244 e. The second-order valence-corrected chi connectivity index (χ2v) is 8.88. The average molecular weight is 322 g/mol. The first-order chi connectivity index (χ1) is 9.25. The normalized spacial score (nSPS) is 22.2. The molecule has 20 heavy (non-hydrogen) atoms. The van der Waals surface area contributed by atoms with Crippen molar-refractivity contribution in [3.63, 3.8) is 0 Å². The topological polar surface area (TPSA) is 135 Å². The number of H-pyrrole nitrogens is 1. The molecule has 1 aromatic heterocycles. The minimum Gasteiger partial charge on any atom is -0.325 e. The molecular weight excluding hydrogens is 304 g/mol. The zero-order chi connectivity index (χ0) is 15.0. The van der Waals surface area contributed by atoms with Crippen LogP contribution in [0.1, 0.15) is 17.8 Å². The molecule has 0 spiro atoms. The molecule has 10 heteroatoms. The first-order valence-corrected chi connectivity index (χ1v) is 9.49. The van der Waals surface area contributed by atoms with E-state index in [0.717, 1.165) is 0 Å². The molecule has 1 unspecified atom stereocenters. The summed E-state index contributed by atoms with van der Waals surface area (Å²) in [4.78, 5) is 0.0563. The van der Waals surface area contributed by atoms with Crippen molar-refractivity contribution in [1.29, 1.82) is 0 Å². The minimum atomic E-state index is -3.73. The predicted octanol–water partition coefficient (Wildman–Crippen LogP) is -1.11. The number of sulfone groups is 1. The van der Waals surface area contributed by atoms with Gasteiger partial charge in [0.25, 0.3) is 0 Å². The highest BCUT2D eigenvalue weighted by atomic mass is 32.2. The summed E-state index contributed by atoms with van der Waals surface area (Å²) in [5, 5.41) is 6.43. The number of aromatic amines is 1. The quantitative estimate of drug-likeness (QED) is 0.629. The van der Waals surface area contributed by atoms with E-state index in [1.807, 2.05) is 0 Å². The lowest BCUT2D eigenvalue weighted by molar-refractivity contribution is 0.542. The number of sulfonamides is 1. The third kappa shape index (κ3) is 3.19. The SMILES string of the molecule is Cc1[nH]nc(CN)c1S(=O)(=O)NCC1CCS(=O)(=O)C1. The second kappa shape index (κ2) is 5.43. The first kappa shape index (κ1) is 15.4. The summed E-state index contributed by atoms with van der Waals surface area (Å²) in [5.74, 6) is -0.0229. The zero-order valence-corrected chi connectivity index (χ0v) is 12.7. The third-order valence-electron chi connectivity index (χ3n) is 3.31. The number of nitrogens with one attached hydrogen (secondary N) is 2. The van der Waals surface area contributed by atoms with E-state index < -0.39 is 19.9 Å². The van der Waals surface area contributed by atoms with Crippen LogP contribution in [0.3, 0.4) is 0 Å². The molecule has 8 nitrogen and oxygen atoms in total. The highest BCUT2D eigenvalue weighted by Crippen LogP contribution is 2.20.